The molecule has 0 radical (unpaired) electrons. The molecule has 0 aliphatic carbocycles. The summed E-state index contributed by atoms with van der Waals surface area (Å²) in [5, 5.41) is 13.6. The number of thiol groups is 1. The minimum atomic E-state index is -0.585. The number of hydrogen-bond donors (Lipinski definition) is 2. The SMILES string of the molecule is COc1ccc(C2=NO[C@@H]([C@H](O)CS)C2)cc1. The molecule has 0 fully saturated rings. The molecule has 2 rings (SSSR count). The van der Waals surface area contributed by atoms with Gasteiger partial charge >= 0.3 is 0 Å². The highest BCUT2D eigenvalue weighted by Crippen LogP contribution is 2.21. The Labute approximate surface area is 106 Å². The maximum absolute atomic E-state index is 9.61. The van der Waals surface area contributed by atoms with E-state index >= 15 is 0 Å². The first-order valence-corrected chi connectivity index (χ1v) is 6.04. The Kier molecular flexibility index (Phi) is 3.91. The molecule has 92 valence electrons. The zero-order valence-electron chi connectivity index (χ0n) is 9.54. The number of hydrogen-bond acceptors (Lipinski definition) is 5. The fraction of sp³-hybridized carbons (Fsp3) is 0.417. The predicted molar refractivity (Wildman–Crippen MR) is 68.9 cm³/mol. The second-order valence-electron chi connectivity index (χ2n) is 3.86. The lowest BCUT2D eigenvalue weighted by Crippen LogP contribution is -2.27. The zero-order chi connectivity index (χ0) is 12.3. The third-order valence-corrected chi connectivity index (χ3v) is 3.11. The molecule has 0 saturated heterocycles. The molecule has 1 N–H and O–H groups in total. The first-order chi connectivity index (χ1) is 8.24. The molecule has 0 saturated carbocycles. The molecule has 0 amide bonds. The van der Waals surface area contributed by atoms with Crippen LogP contribution in [0.15, 0.2) is 29.4 Å². The van der Waals surface area contributed by atoms with Gasteiger partial charge in [0.1, 0.15) is 11.9 Å². The topological polar surface area (TPSA) is 51.0 Å². The first-order valence-electron chi connectivity index (χ1n) is 5.40. The van der Waals surface area contributed by atoms with E-state index in [1.54, 1.807) is 7.11 Å². The summed E-state index contributed by atoms with van der Waals surface area (Å²) in [6, 6.07) is 7.60. The molecule has 0 bridgehead atoms. The van der Waals surface area contributed by atoms with Crippen LogP contribution in [0, 0.1) is 0 Å². The van der Waals surface area contributed by atoms with Crippen LogP contribution in [0.2, 0.25) is 0 Å². The van der Waals surface area contributed by atoms with Crippen LogP contribution in [0.5, 0.6) is 5.75 Å². The second-order valence-corrected chi connectivity index (χ2v) is 4.23. The molecule has 1 aromatic carbocycles. The van der Waals surface area contributed by atoms with Crippen molar-refractivity contribution < 1.29 is 14.7 Å². The standard InChI is InChI=1S/C12H15NO3S/c1-15-9-4-2-8(3-5-9)10-6-12(16-13-10)11(14)7-17/h2-5,11-12,14,17H,6-7H2,1H3/t11-,12-/m1/s1. The molecule has 1 aliphatic rings. The Hall–Kier alpha value is -1.20. The Bertz CT molecular complexity index is 405. The van der Waals surface area contributed by atoms with Gasteiger partial charge in [-0.1, -0.05) is 5.16 Å². The van der Waals surface area contributed by atoms with Crippen molar-refractivity contribution in [2.75, 3.05) is 12.9 Å². The Morgan fingerprint density at radius 1 is 1.53 bits per heavy atom. The monoisotopic (exact) mass is 253 g/mol. The summed E-state index contributed by atoms with van der Waals surface area (Å²) in [4.78, 5) is 5.19. The number of oxime groups is 1. The highest BCUT2D eigenvalue weighted by atomic mass is 32.1. The van der Waals surface area contributed by atoms with Gasteiger partial charge in [0.05, 0.1) is 12.8 Å². The molecule has 1 aliphatic heterocycles. The fourth-order valence-electron chi connectivity index (χ4n) is 1.67. The van der Waals surface area contributed by atoms with Crippen LogP contribution in [0.4, 0.5) is 0 Å². The molecule has 0 aromatic heterocycles. The van der Waals surface area contributed by atoms with Gasteiger partial charge < -0.3 is 14.7 Å². The molecule has 5 heteroatoms. The van der Waals surface area contributed by atoms with Gasteiger partial charge in [0.2, 0.25) is 0 Å². The Morgan fingerprint density at radius 2 is 2.24 bits per heavy atom. The number of rotatable bonds is 4. The van der Waals surface area contributed by atoms with E-state index in [0.717, 1.165) is 17.0 Å². The average Bonchev–Trinajstić information content (AvgIpc) is 2.87. The largest absolute Gasteiger partial charge is 0.497 e. The number of nitrogens with zero attached hydrogens (tertiary/aromatic N) is 1. The minimum Gasteiger partial charge on any atom is -0.497 e. The quantitative estimate of drug-likeness (QED) is 0.799. The summed E-state index contributed by atoms with van der Waals surface area (Å²) in [7, 11) is 1.63. The molecular formula is C12H15NO3S. The molecule has 0 spiro atoms. The number of ether oxygens (including phenoxy) is 1. The van der Waals surface area contributed by atoms with Crippen molar-refractivity contribution in [1.82, 2.24) is 0 Å². The Balaban J connectivity index is 2.04. The molecule has 4 nitrogen and oxygen atoms in total. The van der Waals surface area contributed by atoms with Gasteiger partial charge in [0.15, 0.2) is 6.10 Å². The summed E-state index contributed by atoms with van der Waals surface area (Å²) in [5.41, 5.74) is 1.83. The highest BCUT2D eigenvalue weighted by molar-refractivity contribution is 7.80. The molecule has 2 atom stereocenters. The van der Waals surface area contributed by atoms with Gasteiger partial charge in [-0.15, -0.1) is 0 Å². The third-order valence-electron chi connectivity index (χ3n) is 2.73. The maximum Gasteiger partial charge on any atom is 0.159 e. The lowest BCUT2D eigenvalue weighted by Gasteiger charge is -2.12. The Morgan fingerprint density at radius 3 is 2.82 bits per heavy atom. The van der Waals surface area contributed by atoms with Crippen molar-refractivity contribution in [1.29, 1.82) is 0 Å². The van der Waals surface area contributed by atoms with E-state index in [2.05, 4.69) is 17.8 Å². The van der Waals surface area contributed by atoms with E-state index in [1.807, 2.05) is 24.3 Å². The fourth-order valence-corrected chi connectivity index (χ4v) is 1.91. The van der Waals surface area contributed by atoms with E-state index in [1.165, 1.54) is 0 Å². The van der Waals surface area contributed by atoms with Crippen LogP contribution in [-0.2, 0) is 4.84 Å². The predicted octanol–water partition coefficient (Wildman–Crippen LogP) is 1.48. The van der Waals surface area contributed by atoms with E-state index in [9.17, 15) is 5.11 Å². The molecular weight excluding hydrogens is 238 g/mol. The number of aliphatic hydroxyl groups excluding tert-OH is 1. The summed E-state index contributed by atoms with van der Waals surface area (Å²) < 4.78 is 5.09. The lowest BCUT2D eigenvalue weighted by atomic mass is 10.0. The van der Waals surface area contributed by atoms with Gasteiger partial charge in [-0.05, 0) is 29.8 Å². The minimum absolute atomic E-state index is 0.287. The summed E-state index contributed by atoms with van der Waals surface area (Å²) in [6.45, 7) is 0. The van der Waals surface area contributed by atoms with Crippen LogP contribution in [-0.4, -0.2) is 35.9 Å². The van der Waals surface area contributed by atoms with Crippen molar-refractivity contribution >= 4 is 18.3 Å². The maximum atomic E-state index is 9.61. The molecule has 17 heavy (non-hydrogen) atoms. The van der Waals surface area contributed by atoms with Crippen LogP contribution < -0.4 is 4.74 Å². The molecule has 0 unspecified atom stereocenters. The van der Waals surface area contributed by atoms with Crippen LogP contribution in [0.1, 0.15) is 12.0 Å². The van der Waals surface area contributed by atoms with E-state index in [0.29, 0.717) is 12.2 Å². The van der Waals surface area contributed by atoms with Crippen molar-refractivity contribution in [3.63, 3.8) is 0 Å². The number of benzene rings is 1. The van der Waals surface area contributed by atoms with Crippen molar-refractivity contribution in [3.8, 4) is 5.75 Å². The van der Waals surface area contributed by atoms with E-state index in [4.69, 9.17) is 9.57 Å². The van der Waals surface area contributed by atoms with Gasteiger partial charge in [-0.25, -0.2) is 0 Å². The van der Waals surface area contributed by atoms with Crippen molar-refractivity contribution in [3.05, 3.63) is 29.8 Å². The van der Waals surface area contributed by atoms with Crippen LogP contribution >= 0.6 is 12.6 Å². The summed E-state index contributed by atoms with van der Waals surface area (Å²) >= 11 is 4.04. The third kappa shape index (κ3) is 2.73. The second kappa shape index (κ2) is 5.42. The normalized spacial score (nSPS) is 20.6. The number of methoxy groups -OCH3 is 1. The van der Waals surface area contributed by atoms with Crippen molar-refractivity contribution in [2.45, 2.75) is 18.6 Å². The van der Waals surface area contributed by atoms with Gasteiger partial charge in [-0.2, -0.15) is 12.6 Å². The zero-order valence-corrected chi connectivity index (χ0v) is 10.4. The van der Waals surface area contributed by atoms with Crippen molar-refractivity contribution in [2.24, 2.45) is 5.16 Å². The summed E-state index contributed by atoms with van der Waals surface area (Å²) in [5.74, 6) is 1.18. The van der Waals surface area contributed by atoms with E-state index in [-0.39, 0.29) is 6.10 Å². The van der Waals surface area contributed by atoms with Gasteiger partial charge in [-0.3, -0.25) is 0 Å². The number of aliphatic hydroxyl groups is 1. The lowest BCUT2D eigenvalue weighted by molar-refractivity contribution is -0.00539. The van der Waals surface area contributed by atoms with Gasteiger partial charge in [0, 0.05) is 12.2 Å². The van der Waals surface area contributed by atoms with Crippen LogP contribution in [0.25, 0.3) is 0 Å². The highest BCUT2D eigenvalue weighted by Gasteiger charge is 2.27. The average molecular weight is 253 g/mol. The van der Waals surface area contributed by atoms with Gasteiger partial charge in [0.25, 0.3) is 0 Å². The smallest absolute Gasteiger partial charge is 0.159 e. The first kappa shape index (κ1) is 12.3. The van der Waals surface area contributed by atoms with E-state index < -0.39 is 6.10 Å². The summed E-state index contributed by atoms with van der Waals surface area (Å²) in [6.07, 6.45) is -0.268. The van der Waals surface area contributed by atoms with Crippen LogP contribution in [0.3, 0.4) is 0 Å². The molecule has 1 heterocycles. The molecule has 1 aromatic rings.